The zero-order valence-corrected chi connectivity index (χ0v) is 14.8. The molecule has 0 aliphatic rings. The van der Waals surface area contributed by atoms with E-state index in [9.17, 15) is 14.7 Å². The minimum atomic E-state index is -1.06. The van der Waals surface area contributed by atoms with Crippen LogP contribution in [0.3, 0.4) is 0 Å². The third kappa shape index (κ3) is 3.44. The monoisotopic (exact) mass is 459 g/mol. The average Bonchev–Trinajstić information content (AvgIpc) is 2.48. The van der Waals surface area contributed by atoms with E-state index in [0.717, 1.165) is 3.57 Å². The third-order valence-electron chi connectivity index (χ3n) is 2.96. The molecular formula is C15H11BrINO3. The van der Waals surface area contributed by atoms with Crippen LogP contribution in [0.25, 0.3) is 0 Å². The SMILES string of the molecule is CN(C(=O)c1cc(I)ccc1Br)c1ccccc1C(=O)O. The predicted octanol–water partition coefficient (Wildman–Crippen LogP) is 4.03. The van der Waals surface area contributed by atoms with Gasteiger partial charge in [0.15, 0.2) is 0 Å². The van der Waals surface area contributed by atoms with Gasteiger partial charge in [0.1, 0.15) is 0 Å². The fourth-order valence-electron chi connectivity index (χ4n) is 1.90. The Labute approximate surface area is 144 Å². The van der Waals surface area contributed by atoms with Crippen molar-refractivity contribution in [2.75, 3.05) is 11.9 Å². The van der Waals surface area contributed by atoms with Gasteiger partial charge in [-0.25, -0.2) is 4.79 Å². The fourth-order valence-corrected chi connectivity index (χ4v) is 2.81. The minimum Gasteiger partial charge on any atom is -0.478 e. The summed E-state index contributed by atoms with van der Waals surface area (Å²) in [6.45, 7) is 0. The molecule has 21 heavy (non-hydrogen) atoms. The van der Waals surface area contributed by atoms with E-state index in [1.807, 2.05) is 6.07 Å². The van der Waals surface area contributed by atoms with Crippen molar-refractivity contribution in [3.63, 3.8) is 0 Å². The number of hydrogen-bond acceptors (Lipinski definition) is 2. The van der Waals surface area contributed by atoms with E-state index in [1.165, 1.54) is 11.0 Å². The molecule has 0 aromatic heterocycles. The number of carbonyl (C=O) groups is 2. The Morgan fingerprint density at radius 3 is 2.48 bits per heavy atom. The van der Waals surface area contributed by atoms with E-state index in [1.54, 1.807) is 37.4 Å². The number of amides is 1. The number of aromatic carboxylic acids is 1. The second-order valence-electron chi connectivity index (χ2n) is 4.31. The molecule has 0 unspecified atom stereocenters. The van der Waals surface area contributed by atoms with Crippen molar-refractivity contribution in [1.82, 2.24) is 0 Å². The van der Waals surface area contributed by atoms with Gasteiger partial charge in [0.25, 0.3) is 5.91 Å². The van der Waals surface area contributed by atoms with Gasteiger partial charge in [-0.3, -0.25) is 4.79 Å². The fraction of sp³-hybridized carbons (Fsp3) is 0.0667. The number of halogens is 2. The highest BCUT2D eigenvalue weighted by Gasteiger charge is 2.20. The van der Waals surface area contributed by atoms with Gasteiger partial charge in [-0.2, -0.15) is 0 Å². The molecule has 1 amide bonds. The molecule has 0 heterocycles. The molecule has 2 aromatic rings. The quantitative estimate of drug-likeness (QED) is 0.705. The molecule has 0 radical (unpaired) electrons. The van der Waals surface area contributed by atoms with Crippen molar-refractivity contribution in [3.8, 4) is 0 Å². The Bertz CT molecular complexity index is 718. The van der Waals surface area contributed by atoms with Crippen LogP contribution in [0.15, 0.2) is 46.9 Å². The Morgan fingerprint density at radius 2 is 1.81 bits per heavy atom. The number of anilines is 1. The number of rotatable bonds is 3. The van der Waals surface area contributed by atoms with Crippen molar-refractivity contribution in [2.45, 2.75) is 0 Å². The Morgan fingerprint density at radius 1 is 1.14 bits per heavy atom. The van der Waals surface area contributed by atoms with Gasteiger partial charge >= 0.3 is 5.97 Å². The zero-order valence-electron chi connectivity index (χ0n) is 11.0. The molecule has 0 atom stereocenters. The van der Waals surface area contributed by atoms with Gasteiger partial charge in [0.05, 0.1) is 16.8 Å². The number of carboxylic acid groups (broad SMARTS) is 1. The molecule has 2 aromatic carbocycles. The first-order valence-corrected chi connectivity index (χ1v) is 7.84. The first-order valence-electron chi connectivity index (χ1n) is 5.97. The maximum atomic E-state index is 12.6. The largest absolute Gasteiger partial charge is 0.478 e. The highest BCUT2D eigenvalue weighted by molar-refractivity contribution is 14.1. The second-order valence-corrected chi connectivity index (χ2v) is 6.41. The molecule has 2 rings (SSSR count). The molecule has 1 N–H and O–H groups in total. The maximum absolute atomic E-state index is 12.6. The van der Waals surface area contributed by atoms with Crippen LogP contribution in [-0.4, -0.2) is 24.0 Å². The number of para-hydroxylation sites is 1. The first kappa shape index (κ1) is 16.0. The molecule has 0 fully saturated rings. The van der Waals surface area contributed by atoms with Gasteiger partial charge < -0.3 is 10.0 Å². The van der Waals surface area contributed by atoms with Gasteiger partial charge in [-0.15, -0.1) is 0 Å². The van der Waals surface area contributed by atoms with E-state index in [-0.39, 0.29) is 11.5 Å². The van der Waals surface area contributed by atoms with Gasteiger partial charge in [-0.1, -0.05) is 12.1 Å². The molecule has 4 nitrogen and oxygen atoms in total. The van der Waals surface area contributed by atoms with E-state index in [2.05, 4.69) is 38.5 Å². The van der Waals surface area contributed by atoms with Crippen LogP contribution in [0, 0.1) is 3.57 Å². The number of carboxylic acids is 1. The summed E-state index contributed by atoms with van der Waals surface area (Å²) in [4.78, 5) is 25.2. The highest BCUT2D eigenvalue weighted by atomic mass is 127. The van der Waals surface area contributed by atoms with Crippen LogP contribution in [0.5, 0.6) is 0 Å². The van der Waals surface area contributed by atoms with Crippen LogP contribution in [0.2, 0.25) is 0 Å². The summed E-state index contributed by atoms with van der Waals surface area (Å²) in [6.07, 6.45) is 0. The second kappa shape index (κ2) is 6.57. The van der Waals surface area contributed by atoms with Crippen molar-refractivity contribution in [3.05, 3.63) is 61.6 Å². The summed E-state index contributed by atoms with van der Waals surface area (Å²) in [5.74, 6) is -1.33. The number of carbonyl (C=O) groups excluding carboxylic acids is 1. The van der Waals surface area contributed by atoms with Crippen LogP contribution >= 0.6 is 38.5 Å². The lowest BCUT2D eigenvalue weighted by Gasteiger charge is -2.20. The van der Waals surface area contributed by atoms with E-state index in [4.69, 9.17) is 0 Å². The highest BCUT2D eigenvalue weighted by Crippen LogP contribution is 2.25. The third-order valence-corrected chi connectivity index (χ3v) is 4.32. The number of nitrogens with zero attached hydrogens (tertiary/aromatic N) is 1. The summed E-state index contributed by atoms with van der Waals surface area (Å²) in [5, 5.41) is 9.22. The minimum absolute atomic E-state index is 0.0927. The predicted molar refractivity (Wildman–Crippen MR) is 93.0 cm³/mol. The van der Waals surface area contributed by atoms with Gasteiger partial charge in [0, 0.05) is 15.1 Å². The van der Waals surface area contributed by atoms with Crippen molar-refractivity contribution < 1.29 is 14.7 Å². The van der Waals surface area contributed by atoms with Crippen molar-refractivity contribution in [2.24, 2.45) is 0 Å². The molecular weight excluding hydrogens is 449 g/mol. The molecule has 0 aliphatic heterocycles. The zero-order chi connectivity index (χ0) is 15.6. The summed E-state index contributed by atoms with van der Waals surface area (Å²) >= 11 is 5.48. The van der Waals surface area contributed by atoms with Crippen molar-refractivity contribution in [1.29, 1.82) is 0 Å². The van der Waals surface area contributed by atoms with Crippen LogP contribution in [0.4, 0.5) is 5.69 Å². The summed E-state index contributed by atoms with van der Waals surface area (Å²) in [6, 6.07) is 11.9. The normalized spacial score (nSPS) is 10.2. The molecule has 108 valence electrons. The first-order chi connectivity index (χ1) is 9.91. The molecule has 0 aliphatic carbocycles. The van der Waals surface area contributed by atoms with Gasteiger partial charge in [-0.05, 0) is 68.9 Å². The molecule has 0 spiro atoms. The van der Waals surface area contributed by atoms with E-state index < -0.39 is 5.97 Å². The standard InChI is InChI=1S/C15H11BrINO3/c1-18(13-5-3-2-4-10(13)15(20)21)14(19)11-8-9(17)6-7-12(11)16/h2-8H,1H3,(H,20,21). The Hall–Kier alpha value is -1.41. The van der Waals surface area contributed by atoms with Crippen LogP contribution in [0.1, 0.15) is 20.7 Å². The summed E-state index contributed by atoms with van der Waals surface area (Å²) in [7, 11) is 1.57. The summed E-state index contributed by atoms with van der Waals surface area (Å²) < 4.78 is 1.60. The Kier molecular flexibility index (Phi) is 5.00. The molecule has 0 bridgehead atoms. The smallest absolute Gasteiger partial charge is 0.337 e. The average molecular weight is 460 g/mol. The molecule has 0 saturated carbocycles. The molecule has 6 heteroatoms. The van der Waals surface area contributed by atoms with Crippen molar-refractivity contribution >= 4 is 56.1 Å². The lowest BCUT2D eigenvalue weighted by atomic mass is 10.1. The van der Waals surface area contributed by atoms with Crippen LogP contribution < -0.4 is 4.90 Å². The maximum Gasteiger partial charge on any atom is 0.337 e. The summed E-state index contributed by atoms with van der Waals surface area (Å²) in [5.41, 5.74) is 0.945. The van der Waals surface area contributed by atoms with E-state index in [0.29, 0.717) is 15.7 Å². The Balaban J connectivity index is 2.45. The van der Waals surface area contributed by atoms with E-state index >= 15 is 0 Å². The lowest BCUT2D eigenvalue weighted by molar-refractivity contribution is 0.0697. The number of hydrogen-bond donors (Lipinski definition) is 1. The number of benzene rings is 2. The van der Waals surface area contributed by atoms with Crippen LogP contribution in [-0.2, 0) is 0 Å². The molecule has 0 saturated heterocycles. The van der Waals surface area contributed by atoms with Gasteiger partial charge in [0.2, 0.25) is 0 Å². The topological polar surface area (TPSA) is 57.6 Å². The lowest BCUT2D eigenvalue weighted by Crippen LogP contribution is -2.28.